The van der Waals surface area contributed by atoms with Gasteiger partial charge in [0.05, 0.1) is 6.20 Å². The molecule has 0 bridgehead atoms. The fourth-order valence-electron chi connectivity index (χ4n) is 1.57. The van der Waals surface area contributed by atoms with Gasteiger partial charge in [-0.25, -0.2) is 0 Å². The number of aryl methyl sites for hydroxylation is 1. The van der Waals surface area contributed by atoms with E-state index < -0.39 is 0 Å². The zero-order valence-corrected chi connectivity index (χ0v) is 12.8. The number of nitrogens with one attached hydrogen (secondary N) is 2. The van der Waals surface area contributed by atoms with Crippen LogP contribution in [0.4, 0.5) is 17.5 Å². The van der Waals surface area contributed by atoms with E-state index in [4.69, 9.17) is 11.6 Å². The summed E-state index contributed by atoms with van der Waals surface area (Å²) in [6.45, 7) is 8.08. The van der Waals surface area contributed by atoms with Crippen LogP contribution in [0.15, 0.2) is 24.4 Å². The van der Waals surface area contributed by atoms with Crippen molar-refractivity contribution in [3.63, 3.8) is 0 Å². The molecule has 0 radical (unpaired) electrons. The third-order valence-corrected chi connectivity index (χ3v) is 2.90. The number of hydrogen-bond donors (Lipinski definition) is 2. The van der Waals surface area contributed by atoms with Crippen molar-refractivity contribution in [2.45, 2.75) is 33.2 Å². The number of nitrogens with zero attached hydrogens (tertiary/aromatic N) is 3. The van der Waals surface area contributed by atoms with E-state index >= 15 is 0 Å². The quantitative estimate of drug-likeness (QED) is 0.901. The number of aromatic nitrogens is 3. The molecular weight excluding hydrogens is 274 g/mol. The Morgan fingerprint density at radius 3 is 2.60 bits per heavy atom. The van der Waals surface area contributed by atoms with E-state index in [0.717, 1.165) is 11.3 Å². The molecule has 0 amide bonds. The number of hydrogen-bond acceptors (Lipinski definition) is 5. The molecule has 2 aromatic rings. The van der Waals surface area contributed by atoms with Gasteiger partial charge in [-0.15, -0.1) is 5.10 Å². The first kappa shape index (κ1) is 14.5. The topological polar surface area (TPSA) is 62.7 Å². The first-order chi connectivity index (χ1) is 9.33. The maximum absolute atomic E-state index is 6.10. The lowest BCUT2D eigenvalue weighted by Gasteiger charge is -2.20. The third kappa shape index (κ3) is 4.06. The summed E-state index contributed by atoms with van der Waals surface area (Å²) in [6.07, 6.45) is 1.57. The zero-order chi connectivity index (χ0) is 14.8. The second-order valence-electron chi connectivity index (χ2n) is 5.63. The maximum Gasteiger partial charge on any atom is 0.245 e. The molecule has 6 heteroatoms. The Bertz CT molecular complexity index is 607. The molecule has 0 atom stereocenters. The predicted octanol–water partition coefficient (Wildman–Crippen LogP) is 3.79. The summed E-state index contributed by atoms with van der Waals surface area (Å²) in [5.41, 5.74) is 1.78. The van der Waals surface area contributed by atoms with Crippen LogP contribution in [-0.2, 0) is 0 Å². The maximum atomic E-state index is 6.10. The molecule has 2 N–H and O–H groups in total. The second-order valence-corrected chi connectivity index (χ2v) is 6.04. The fourth-order valence-corrected chi connectivity index (χ4v) is 1.75. The van der Waals surface area contributed by atoms with Crippen molar-refractivity contribution < 1.29 is 0 Å². The number of benzene rings is 1. The largest absolute Gasteiger partial charge is 0.348 e. The third-order valence-electron chi connectivity index (χ3n) is 2.49. The monoisotopic (exact) mass is 291 g/mol. The average molecular weight is 292 g/mol. The van der Waals surface area contributed by atoms with Crippen LogP contribution < -0.4 is 10.6 Å². The molecule has 1 heterocycles. The van der Waals surface area contributed by atoms with Crippen LogP contribution in [-0.4, -0.2) is 20.7 Å². The van der Waals surface area contributed by atoms with E-state index in [9.17, 15) is 0 Å². The molecule has 0 unspecified atom stereocenters. The molecule has 0 aliphatic heterocycles. The molecule has 0 aliphatic rings. The van der Waals surface area contributed by atoms with Gasteiger partial charge in [0.25, 0.3) is 0 Å². The Hall–Kier alpha value is -1.88. The van der Waals surface area contributed by atoms with Gasteiger partial charge < -0.3 is 10.6 Å². The van der Waals surface area contributed by atoms with Gasteiger partial charge in [-0.2, -0.15) is 10.1 Å². The minimum atomic E-state index is -0.118. The van der Waals surface area contributed by atoms with E-state index in [-0.39, 0.29) is 5.54 Å². The van der Waals surface area contributed by atoms with Crippen LogP contribution in [0.5, 0.6) is 0 Å². The molecule has 20 heavy (non-hydrogen) atoms. The molecule has 0 fully saturated rings. The standard InChI is InChI=1S/C14H18ClN5/c1-9-5-6-10(7-11(9)15)17-12-8-16-20-13(18-12)19-14(2,3)4/h5-8H,1-4H3,(H2,17,18,19,20). The fraction of sp³-hybridized carbons (Fsp3) is 0.357. The Balaban J connectivity index is 2.17. The molecule has 5 nitrogen and oxygen atoms in total. The van der Waals surface area contributed by atoms with Gasteiger partial charge in [0.2, 0.25) is 5.95 Å². The summed E-state index contributed by atoms with van der Waals surface area (Å²) < 4.78 is 0. The van der Waals surface area contributed by atoms with Crippen LogP contribution in [0.2, 0.25) is 5.02 Å². The zero-order valence-electron chi connectivity index (χ0n) is 12.0. The normalized spacial score (nSPS) is 11.2. The van der Waals surface area contributed by atoms with Gasteiger partial charge in [-0.1, -0.05) is 17.7 Å². The molecule has 0 saturated heterocycles. The molecule has 1 aromatic carbocycles. The Labute approximate surface area is 123 Å². The molecule has 0 saturated carbocycles. The highest BCUT2D eigenvalue weighted by atomic mass is 35.5. The van der Waals surface area contributed by atoms with Crippen molar-refractivity contribution in [1.82, 2.24) is 15.2 Å². The van der Waals surface area contributed by atoms with Gasteiger partial charge >= 0.3 is 0 Å². The molecule has 1 aromatic heterocycles. The molecule has 2 rings (SSSR count). The van der Waals surface area contributed by atoms with Crippen molar-refractivity contribution in [1.29, 1.82) is 0 Å². The van der Waals surface area contributed by atoms with Crippen molar-refractivity contribution in [3.8, 4) is 0 Å². The van der Waals surface area contributed by atoms with Crippen LogP contribution in [0.3, 0.4) is 0 Å². The van der Waals surface area contributed by atoms with Crippen LogP contribution in [0.1, 0.15) is 26.3 Å². The van der Waals surface area contributed by atoms with Crippen LogP contribution in [0.25, 0.3) is 0 Å². The highest BCUT2D eigenvalue weighted by Gasteiger charge is 2.12. The summed E-state index contributed by atoms with van der Waals surface area (Å²) in [5, 5.41) is 14.9. The summed E-state index contributed by atoms with van der Waals surface area (Å²) in [7, 11) is 0. The lowest BCUT2D eigenvalue weighted by atomic mass is 10.1. The summed E-state index contributed by atoms with van der Waals surface area (Å²) in [5.74, 6) is 1.10. The highest BCUT2D eigenvalue weighted by molar-refractivity contribution is 6.31. The Kier molecular flexibility index (Phi) is 4.09. The average Bonchev–Trinajstić information content (AvgIpc) is 2.32. The van der Waals surface area contributed by atoms with Crippen LogP contribution >= 0.6 is 11.6 Å². The molecule has 106 valence electrons. The van der Waals surface area contributed by atoms with E-state index in [1.165, 1.54) is 0 Å². The van der Waals surface area contributed by atoms with Crippen molar-refractivity contribution in [2.24, 2.45) is 0 Å². The Morgan fingerprint density at radius 2 is 1.95 bits per heavy atom. The van der Waals surface area contributed by atoms with Gasteiger partial charge in [0.1, 0.15) is 0 Å². The lowest BCUT2D eigenvalue weighted by molar-refractivity contribution is 0.623. The van der Waals surface area contributed by atoms with Crippen molar-refractivity contribution >= 4 is 29.1 Å². The SMILES string of the molecule is Cc1ccc(Nc2cnnc(NC(C)(C)C)n2)cc1Cl. The smallest absolute Gasteiger partial charge is 0.245 e. The number of rotatable bonds is 3. The molecule has 0 aliphatic carbocycles. The van der Waals surface area contributed by atoms with Crippen molar-refractivity contribution in [3.05, 3.63) is 35.0 Å². The van der Waals surface area contributed by atoms with Gasteiger partial charge in [-0.3, -0.25) is 0 Å². The second kappa shape index (κ2) is 5.63. The predicted molar refractivity (Wildman–Crippen MR) is 82.7 cm³/mol. The lowest BCUT2D eigenvalue weighted by Crippen LogP contribution is -2.27. The van der Waals surface area contributed by atoms with E-state index in [2.05, 4.69) is 25.8 Å². The van der Waals surface area contributed by atoms with E-state index in [1.807, 2.05) is 45.9 Å². The van der Waals surface area contributed by atoms with E-state index in [1.54, 1.807) is 6.20 Å². The van der Waals surface area contributed by atoms with E-state index in [0.29, 0.717) is 16.8 Å². The summed E-state index contributed by atoms with van der Waals surface area (Å²) in [6, 6.07) is 5.75. The first-order valence-corrected chi connectivity index (χ1v) is 6.72. The Morgan fingerprint density at radius 1 is 1.20 bits per heavy atom. The van der Waals surface area contributed by atoms with Crippen molar-refractivity contribution in [2.75, 3.05) is 10.6 Å². The first-order valence-electron chi connectivity index (χ1n) is 6.34. The highest BCUT2D eigenvalue weighted by Crippen LogP contribution is 2.22. The molecule has 0 spiro atoms. The number of halogens is 1. The number of anilines is 3. The minimum absolute atomic E-state index is 0.118. The van der Waals surface area contributed by atoms with Gasteiger partial charge in [0.15, 0.2) is 5.82 Å². The minimum Gasteiger partial charge on any atom is -0.348 e. The van der Waals surface area contributed by atoms with Gasteiger partial charge in [0, 0.05) is 16.2 Å². The molecular formula is C14H18ClN5. The summed E-state index contributed by atoms with van der Waals surface area (Å²) >= 11 is 6.10. The summed E-state index contributed by atoms with van der Waals surface area (Å²) in [4.78, 5) is 4.37. The van der Waals surface area contributed by atoms with Crippen LogP contribution in [0, 0.1) is 6.92 Å². The van der Waals surface area contributed by atoms with Gasteiger partial charge in [-0.05, 0) is 45.4 Å².